The van der Waals surface area contributed by atoms with Gasteiger partial charge in [0, 0.05) is 5.03 Å². The van der Waals surface area contributed by atoms with Crippen LogP contribution in [0.2, 0.25) is 0 Å². The lowest BCUT2D eigenvalue weighted by Gasteiger charge is -2.07. The zero-order chi connectivity index (χ0) is 12.0. The largest absolute Gasteiger partial charge is 0.469 e. The lowest BCUT2D eigenvalue weighted by molar-refractivity contribution is -0.142. The van der Waals surface area contributed by atoms with Crippen LogP contribution in [0.1, 0.15) is 12.0 Å². The zero-order valence-electron chi connectivity index (χ0n) is 8.89. The van der Waals surface area contributed by atoms with Gasteiger partial charge in [-0.15, -0.1) is 0 Å². The van der Waals surface area contributed by atoms with E-state index in [0.29, 0.717) is 0 Å². The fourth-order valence-corrected chi connectivity index (χ4v) is 1.35. The molecule has 0 saturated carbocycles. The molecule has 0 spiro atoms. The predicted octanol–water partition coefficient (Wildman–Crippen LogP) is 2.19. The summed E-state index contributed by atoms with van der Waals surface area (Å²) in [6.45, 7) is 0. The minimum absolute atomic E-state index is 0.140. The Hall–Kier alpha value is -1.32. The van der Waals surface area contributed by atoms with Gasteiger partial charge >= 0.3 is 5.97 Å². The number of methoxy groups -OCH3 is 1. The highest BCUT2D eigenvalue weighted by Crippen LogP contribution is 2.16. The summed E-state index contributed by atoms with van der Waals surface area (Å²) < 4.78 is 4.44. The molecule has 0 aliphatic heterocycles. The number of carbonyl (C=O) groups is 1. The summed E-state index contributed by atoms with van der Waals surface area (Å²) >= 11 is 5.87. The molecule has 0 saturated heterocycles. The summed E-state index contributed by atoms with van der Waals surface area (Å²) in [5, 5.41) is 9.80. The SMILES string of the molecule is COC(=O)CC(O)/C(Cl)=C/c1ccccc1. The Morgan fingerprint density at radius 3 is 2.69 bits per heavy atom. The summed E-state index contributed by atoms with van der Waals surface area (Å²) in [7, 11) is 1.27. The molecule has 4 heteroatoms. The van der Waals surface area contributed by atoms with Crippen LogP contribution in [-0.4, -0.2) is 24.3 Å². The number of benzene rings is 1. The molecule has 0 bridgehead atoms. The molecule has 0 aliphatic carbocycles. The van der Waals surface area contributed by atoms with Gasteiger partial charge in [-0.05, 0) is 11.6 Å². The molecule has 0 aromatic heterocycles. The minimum atomic E-state index is -1.02. The summed E-state index contributed by atoms with van der Waals surface area (Å²) in [6.07, 6.45) is 0.461. The quantitative estimate of drug-likeness (QED) is 0.821. The molecule has 0 fully saturated rings. The molecule has 16 heavy (non-hydrogen) atoms. The van der Waals surface area contributed by atoms with Crippen LogP contribution >= 0.6 is 11.6 Å². The number of halogens is 1. The van der Waals surface area contributed by atoms with Gasteiger partial charge in [-0.2, -0.15) is 0 Å². The van der Waals surface area contributed by atoms with Crippen LogP contribution < -0.4 is 0 Å². The molecule has 86 valence electrons. The third-order valence-corrected chi connectivity index (χ3v) is 2.37. The highest BCUT2D eigenvalue weighted by atomic mass is 35.5. The maximum atomic E-state index is 10.9. The molecule has 0 radical (unpaired) electrons. The van der Waals surface area contributed by atoms with Crippen molar-refractivity contribution in [3.63, 3.8) is 0 Å². The van der Waals surface area contributed by atoms with Crippen molar-refractivity contribution in [1.82, 2.24) is 0 Å². The molecule has 1 aromatic rings. The van der Waals surface area contributed by atoms with Crippen molar-refractivity contribution in [3.8, 4) is 0 Å². The Balaban J connectivity index is 2.66. The van der Waals surface area contributed by atoms with Crippen LogP contribution in [0.5, 0.6) is 0 Å². The second kappa shape index (κ2) is 6.30. The van der Waals surface area contributed by atoms with Crippen LogP contribution in [0.15, 0.2) is 35.4 Å². The van der Waals surface area contributed by atoms with E-state index in [9.17, 15) is 9.90 Å². The van der Waals surface area contributed by atoms with Gasteiger partial charge in [0.25, 0.3) is 0 Å². The number of ether oxygens (including phenoxy) is 1. The van der Waals surface area contributed by atoms with E-state index in [2.05, 4.69) is 4.74 Å². The highest BCUT2D eigenvalue weighted by Gasteiger charge is 2.14. The Morgan fingerprint density at radius 1 is 1.50 bits per heavy atom. The van der Waals surface area contributed by atoms with Crippen LogP contribution in [0, 0.1) is 0 Å². The number of rotatable bonds is 4. The molecule has 0 aliphatic rings. The van der Waals surface area contributed by atoms with Crippen molar-refractivity contribution >= 4 is 23.6 Å². The van der Waals surface area contributed by atoms with Crippen LogP contribution in [0.25, 0.3) is 6.08 Å². The lowest BCUT2D eigenvalue weighted by Crippen LogP contribution is -2.14. The van der Waals surface area contributed by atoms with E-state index in [1.165, 1.54) is 7.11 Å². The normalized spacial score (nSPS) is 13.3. The van der Waals surface area contributed by atoms with Gasteiger partial charge in [0.05, 0.1) is 19.6 Å². The number of esters is 1. The Morgan fingerprint density at radius 2 is 2.12 bits per heavy atom. The first-order valence-corrected chi connectivity index (χ1v) is 5.18. The molecule has 1 aromatic carbocycles. The van der Waals surface area contributed by atoms with E-state index in [1.807, 2.05) is 30.3 Å². The first-order valence-electron chi connectivity index (χ1n) is 4.80. The number of hydrogen-bond donors (Lipinski definition) is 1. The molecule has 1 N–H and O–H groups in total. The van der Waals surface area contributed by atoms with E-state index < -0.39 is 12.1 Å². The second-order valence-electron chi connectivity index (χ2n) is 3.24. The standard InChI is InChI=1S/C12H13ClO3/c1-16-12(15)8-11(14)10(13)7-9-5-3-2-4-6-9/h2-7,11,14H,8H2,1H3/b10-7-. The van der Waals surface area contributed by atoms with E-state index in [0.717, 1.165) is 5.56 Å². The molecule has 0 heterocycles. The molecule has 1 rings (SSSR count). The smallest absolute Gasteiger partial charge is 0.308 e. The summed E-state index contributed by atoms with van der Waals surface area (Å²) in [5.74, 6) is -0.493. The monoisotopic (exact) mass is 240 g/mol. The molecule has 1 atom stereocenters. The van der Waals surface area contributed by atoms with Gasteiger partial charge in [0.2, 0.25) is 0 Å². The topological polar surface area (TPSA) is 46.5 Å². The Bertz CT molecular complexity index is 373. The van der Waals surface area contributed by atoms with Crippen molar-refractivity contribution in [1.29, 1.82) is 0 Å². The average Bonchev–Trinajstić information content (AvgIpc) is 2.30. The summed E-state index contributed by atoms with van der Waals surface area (Å²) in [4.78, 5) is 10.9. The maximum absolute atomic E-state index is 10.9. The fourth-order valence-electron chi connectivity index (χ4n) is 1.14. The third kappa shape index (κ3) is 4.04. The zero-order valence-corrected chi connectivity index (χ0v) is 9.65. The van der Waals surface area contributed by atoms with Gasteiger partial charge in [-0.3, -0.25) is 4.79 Å². The summed E-state index contributed by atoms with van der Waals surface area (Å²) in [5.41, 5.74) is 0.872. The van der Waals surface area contributed by atoms with Crippen LogP contribution in [0.4, 0.5) is 0 Å². The second-order valence-corrected chi connectivity index (χ2v) is 3.67. The Kier molecular flexibility index (Phi) is 5.02. The van der Waals surface area contributed by atoms with Crippen molar-refractivity contribution in [3.05, 3.63) is 40.9 Å². The number of carbonyl (C=O) groups excluding carboxylic acids is 1. The molecule has 3 nitrogen and oxygen atoms in total. The molecule has 0 amide bonds. The van der Waals surface area contributed by atoms with E-state index in [4.69, 9.17) is 11.6 Å². The molecular weight excluding hydrogens is 228 g/mol. The first-order chi connectivity index (χ1) is 7.63. The Labute approximate surface area is 99.3 Å². The van der Waals surface area contributed by atoms with Gasteiger partial charge in [-0.25, -0.2) is 0 Å². The maximum Gasteiger partial charge on any atom is 0.308 e. The van der Waals surface area contributed by atoms with E-state index in [1.54, 1.807) is 6.08 Å². The number of aliphatic hydroxyl groups is 1. The van der Waals surface area contributed by atoms with Gasteiger partial charge in [0.1, 0.15) is 0 Å². The first kappa shape index (κ1) is 12.7. The fraction of sp³-hybridized carbons (Fsp3) is 0.250. The predicted molar refractivity (Wildman–Crippen MR) is 62.9 cm³/mol. The molecular formula is C12H13ClO3. The average molecular weight is 241 g/mol. The van der Waals surface area contributed by atoms with Crippen LogP contribution in [-0.2, 0) is 9.53 Å². The molecule has 1 unspecified atom stereocenters. The van der Waals surface area contributed by atoms with Crippen molar-refractivity contribution in [2.75, 3.05) is 7.11 Å². The van der Waals surface area contributed by atoms with E-state index in [-0.39, 0.29) is 11.5 Å². The van der Waals surface area contributed by atoms with Crippen molar-refractivity contribution < 1.29 is 14.6 Å². The van der Waals surface area contributed by atoms with Gasteiger partial charge < -0.3 is 9.84 Å². The van der Waals surface area contributed by atoms with Gasteiger partial charge in [-0.1, -0.05) is 41.9 Å². The van der Waals surface area contributed by atoms with Crippen molar-refractivity contribution in [2.45, 2.75) is 12.5 Å². The highest BCUT2D eigenvalue weighted by molar-refractivity contribution is 6.32. The van der Waals surface area contributed by atoms with Crippen molar-refractivity contribution in [2.24, 2.45) is 0 Å². The van der Waals surface area contributed by atoms with E-state index >= 15 is 0 Å². The minimum Gasteiger partial charge on any atom is -0.469 e. The number of aliphatic hydroxyl groups excluding tert-OH is 1. The summed E-state index contributed by atoms with van der Waals surface area (Å²) in [6, 6.07) is 9.32. The third-order valence-electron chi connectivity index (χ3n) is 2.01. The van der Waals surface area contributed by atoms with Crippen LogP contribution in [0.3, 0.4) is 0 Å². The van der Waals surface area contributed by atoms with Gasteiger partial charge in [0.15, 0.2) is 0 Å². The number of hydrogen-bond acceptors (Lipinski definition) is 3. The lowest BCUT2D eigenvalue weighted by atomic mass is 10.1.